The van der Waals surface area contributed by atoms with Crippen LogP contribution in [-0.2, 0) is 11.2 Å². The van der Waals surface area contributed by atoms with E-state index in [9.17, 15) is 4.79 Å². The highest BCUT2D eigenvalue weighted by Crippen LogP contribution is 2.31. The van der Waals surface area contributed by atoms with Crippen LogP contribution in [0.2, 0.25) is 0 Å². The largest absolute Gasteiger partial charge is 0.462 e. The minimum Gasteiger partial charge on any atom is -0.462 e. The normalized spacial score (nSPS) is 11.7. The molecule has 4 heteroatoms. The number of nitrogen functional groups attached to an aromatic ring is 1. The van der Waals surface area contributed by atoms with Crippen molar-refractivity contribution in [2.24, 2.45) is 5.41 Å². The molecule has 0 aliphatic heterocycles. The molecule has 1 heterocycles. The van der Waals surface area contributed by atoms with Crippen molar-refractivity contribution in [1.29, 1.82) is 0 Å². The molecular weight excluding hydrogens is 288 g/mol. The molecule has 1 aromatic carbocycles. The molecule has 4 nitrogen and oxygen atoms in total. The highest BCUT2D eigenvalue weighted by Gasteiger charge is 2.20. The van der Waals surface area contributed by atoms with Crippen LogP contribution in [-0.4, -0.2) is 17.6 Å². The molecule has 0 unspecified atom stereocenters. The van der Waals surface area contributed by atoms with Gasteiger partial charge in [0.2, 0.25) is 0 Å². The van der Waals surface area contributed by atoms with Crippen LogP contribution in [0.25, 0.3) is 10.9 Å². The molecule has 2 aromatic rings. The molecule has 0 atom stereocenters. The van der Waals surface area contributed by atoms with Crippen molar-refractivity contribution >= 4 is 22.6 Å². The fourth-order valence-electron chi connectivity index (χ4n) is 2.73. The van der Waals surface area contributed by atoms with Gasteiger partial charge in [-0.15, -0.1) is 0 Å². The molecule has 0 bridgehead atoms. The molecule has 0 aliphatic carbocycles. The molecule has 1 aromatic heterocycles. The second kappa shape index (κ2) is 6.57. The van der Waals surface area contributed by atoms with Crippen LogP contribution in [0.1, 0.15) is 55.7 Å². The van der Waals surface area contributed by atoms with Gasteiger partial charge in [0, 0.05) is 5.39 Å². The third-order valence-electron chi connectivity index (χ3n) is 3.94. The first-order valence-electron chi connectivity index (χ1n) is 8.09. The summed E-state index contributed by atoms with van der Waals surface area (Å²) in [5.74, 6) is -0.400. The van der Waals surface area contributed by atoms with E-state index in [2.05, 4.69) is 31.8 Å². The Morgan fingerprint density at radius 3 is 2.61 bits per heavy atom. The molecule has 2 N–H and O–H groups in total. The van der Waals surface area contributed by atoms with Gasteiger partial charge in [-0.05, 0) is 43.7 Å². The number of nitrogens with zero attached hydrogens (tertiary/aromatic N) is 1. The molecule has 0 amide bonds. The number of hydrogen-bond acceptors (Lipinski definition) is 4. The number of rotatable bonds is 4. The molecule has 124 valence electrons. The fraction of sp³-hybridized carbons (Fsp3) is 0.474. The van der Waals surface area contributed by atoms with Gasteiger partial charge in [0.1, 0.15) is 5.56 Å². The minimum absolute atomic E-state index is 0.235. The van der Waals surface area contributed by atoms with E-state index in [-0.39, 0.29) is 5.41 Å². The number of fused-ring (bicyclic) bond motifs is 1. The topological polar surface area (TPSA) is 65.2 Å². The number of aryl methyl sites for hydroxylation is 2. The summed E-state index contributed by atoms with van der Waals surface area (Å²) in [7, 11) is 0. The maximum Gasteiger partial charge on any atom is 0.342 e. The number of benzene rings is 1. The Labute approximate surface area is 138 Å². The van der Waals surface area contributed by atoms with E-state index in [0.29, 0.717) is 23.6 Å². The summed E-state index contributed by atoms with van der Waals surface area (Å²) in [5, 5.41) is 0.880. The quantitative estimate of drug-likeness (QED) is 0.855. The summed E-state index contributed by atoms with van der Waals surface area (Å²) in [4.78, 5) is 16.8. The predicted molar refractivity (Wildman–Crippen MR) is 94.6 cm³/mol. The molecule has 0 radical (unpaired) electrons. The molecule has 0 spiro atoms. The van der Waals surface area contributed by atoms with Crippen molar-refractivity contribution in [3.05, 3.63) is 35.0 Å². The van der Waals surface area contributed by atoms with Gasteiger partial charge in [-0.2, -0.15) is 0 Å². The molecule has 0 fully saturated rings. The van der Waals surface area contributed by atoms with Crippen molar-refractivity contribution in [3.8, 4) is 0 Å². The van der Waals surface area contributed by atoms with Crippen molar-refractivity contribution in [2.75, 3.05) is 12.3 Å². The van der Waals surface area contributed by atoms with Crippen molar-refractivity contribution in [1.82, 2.24) is 4.98 Å². The van der Waals surface area contributed by atoms with E-state index in [0.717, 1.165) is 29.3 Å². The Morgan fingerprint density at radius 1 is 1.30 bits per heavy atom. The molecule has 0 saturated carbocycles. The lowest BCUT2D eigenvalue weighted by molar-refractivity contribution is 0.0526. The Kier molecular flexibility index (Phi) is 4.93. The Balaban J connectivity index is 2.58. The lowest BCUT2D eigenvalue weighted by atomic mass is 9.87. The number of pyridine rings is 1. The first kappa shape index (κ1) is 17.3. The third-order valence-corrected chi connectivity index (χ3v) is 3.94. The van der Waals surface area contributed by atoms with E-state index < -0.39 is 5.97 Å². The molecule has 23 heavy (non-hydrogen) atoms. The van der Waals surface area contributed by atoms with Crippen molar-refractivity contribution in [3.63, 3.8) is 0 Å². The summed E-state index contributed by atoms with van der Waals surface area (Å²) in [6.45, 7) is 10.5. The van der Waals surface area contributed by atoms with Crippen LogP contribution in [0, 0.1) is 12.3 Å². The SMILES string of the molecule is CCOC(=O)c1c(C)nc2cccc(CCC(C)(C)C)c2c1N. The smallest absolute Gasteiger partial charge is 0.342 e. The van der Waals surface area contributed by atoms with Crippen LogP contribution in [0.15, 0.2) is 18.2 Å². The zero-order valence-electron chi connectivity index (χ0n) is 14.7. The lowest BCUT2D eigenvalue weighted by Crippen LogP contribution is -2.13. The summed E-state index contributed by atoms with van der Waals surface area (Å²) in [6, 6.07) is 6.00. The van der Waals surface area contributed by atoms with Gasteiger partial charge >= 0.3 is 5.97 Å². The monoisotopic (exact) mass is 314 g/mol. The average molecular weight is 314 g/mol. The Morgan fingerprint density at radius 2 is 2.00 bits per heavy atom. The number of hydrogen-bond donors (Lipinski definition) is 1. The van der Waals surface area contributed by atoms with E-state index in [1.54, 1.807) is 13.8 Å². The Bertz CT molecular complexity index is 730. The number of carbonyl (C=O) groups excluding carboxylic acids is 1. The molecule has 2 rings (SSSR count). The van der Waals surface area contributed by atoms with Gasteiger partial charge < -0.3 is 10.5 Å². The number of carbonyl (C=O) groups is 1. The van der Waals surface area contributed by atoms with E-state index >= 15 is 0 Å². The summed E-state index contributed by atoms with van der Waals surface area (Å²) in [6.07, 6.45) is 1.94. The molecule has 0 saturated heterocycles. The highest BCUT2D eigenvalue weighted by atomic mass is 16.5. The average Bonchev–Trinajstić information content (AvgIpc) is 2.44. The summed E-state index contributed by atoms with van der Waals surface area (Å²) in [5.41, 5.74) is 10.0. The lowest BCUT2D eigenvalue weighted by Gasteiger charge is -2.19. The van der Waals surface area contributed by atoms with Crippen LogP contribution < -0.4 is 5.73 Å². The summed E-state index contributed by atoms with van der Waals surface area (Å²) < 4.78 is 5.13. The molecule has 0 aliphatic rings. The van der Waals surface area contributed by atoms with Crippen LogP contribution in [0.5, 0.6) is 0 Å². The second-order valence-corrected chi connectivity index (χ2v) is 7.08. The maximum absolute atomic E-state index is 12.2. The van der Waals surface area contributed by atoms with Gasteiger partial charge in [0.25, 0.3) is 0 Å². The zero-order chi connectivity index (χ0) is 17.2. The standard InChI is InChI=1S/C19H26N2O2/c1-6-23-18(22)15-12(2)21-14-9-7-8-13(16(14)17(15)20)10-11-19(3,4)5/h7-9H,6,10-11H2,1-5H3,(H2,20,21). The van der Waals surface area contributed by atoms with E-state index in [1.165, 1.54) is 0 Å². The number of nitrogens with two attached hydrogens (primary N) is 1. The molecular formula is C19H26N2O2. The van der Waals surface area contributed by atoms with Crippen LogP contribution in [0.4, 0.5) is 5.69 Å². The van der Waals surface area contributed by atoms with Gasteiger partial charge in [0.05, 0.1) is 23.5 Å². The Hall–Kier alpha value is -2.10. The second-order valence-electron chi connectivity index (χ2n) is 7.08. The summed E-state index contributed by atoms with van der Waals surface area (Å²) >= 11 is 0. The van der Waals surface area contributed by atoms with E-state index in [4.69, 9.17) is 10.5 Å². The van der Waals surface area contributed by atoms with Crippen LogP contribution in [0.3, 0.4) is 0 Å². The highest BCUT2D eigenvalue weighted by molar-refractivity contribution is 6.06. The first-order valence-corrected chi connectivity index (χ1v) is 8.09. The number of ether oxygens (including phenoxy) is 1. The van der Waals surface area contributed by atoms with Gasteiger partial charge in [-0.1, -0.05) is 32.9 Å². The fourth-order valence-corrected chi connectivity index (χ4v) is 2.73. The maximum atomic E-state index is 12.2. The van der Waals surface area contributed by atoms with Crippen molar-refractivity contribution in [2.45, 2.75) is 47.5 Å². The van der Waals surface area contributed by atoms with Gasteiger partial charge in [0.15, 0.2) is 0 Å². The predicted octanol–water partition coefficient (Wildman–Crippen LogP) is 4.28. The third kappa shape index (κ3) is 3.81. The van der Waals surface area contributed by atoms with Crippen LogP contribution >= 0.6 is 0 Å². The number of esters is 1. The number of anilines is 1. The van der Waals surface area contributed by atoms with Gasteiger partial charge in [-0.3, -0.25) is 4.98 Å². The zero-order valence-corrected chi connectivity index (χ0v) is 14.7. The minimum atomic E-state index is -0.400. The number of aromatic nitrogens is 1. The van der Waals surface area contributed by atoms with E-state index in [1.807, 2.05) is 12.1 Å². The van der Waals surface area contributed by atoms with Crippen molar-refractivity contribution < 1.29 is 9.53 Å². The van der Waals surface area contributed by atoms with Gasteiger partial charge in [-0.25, -0.2) is 4.79 Å². The first-order chi connectivity index (χ1) is 10.7.